The minimum absolute atomic E-state index is 0.232. The van der Waals surface area contributed by atoms with E-state index in [4.69, 9.17) is 0 Å². The molecule has 2 N–H and O–H groups in total. The normalized spacial score (nSPS) is 12.5. The van der Waals surface area contributed by atoms with Crippen LogP contribution in [0.5, 0.6) is 0 Å². The van der Waals surface area contributed by atoms with Gasteiger partial charge in [-0.05, 0) is 30.7 Å². The number of carbonyl (C=O) groups is 1. The number of nitrogens with one attached hydrogen (secondary N) is 2. The zero-order chi connectivity index (χ0) is 17.0. The Hall–Kier alpha value is -1.86. The van der Waals surface area contributed by atoms with Crippen molar-refractivity contribution in [2.75, 3.05) is 11.0 Å². The Bertz CT molecular complexity index is 822. The van der Waals surface area contributed by atoms with Gasteiger partial charge in [0.15, 0.2) is 0 Å². The number of amides is 1. The van der Waals surface area contributed by atoms with Crippen LogP contribution in [0.1, 0.15) is 28.9 Å². The maximum Gasteiger partial charge on any atom is 0.253 e. The molecular weight excluding hydrogens is 380 g/mol. The van der Waals surface area contributed by atoms with Crippen LogP contribution in [0.4, 0.5) is 5.69 Å². The highest BCUT2D eigenvalue weighted by Gasteiger charge is 2.17. The largest absolute Gasteiger partial charge is 0.345 e. The number of anilines is 1. The van der Waals surface area contributed by atoms with E-state index in [-0.39, 0.29) is 23.2 Å². The van der Waals surface area contributed by atoms with E-state index in [9.17, 15) is 13.2 Å². The summed E-state index contributed by atoms with van der Waals surface area (Å²) in [6.45, 7) is 1.87. The van der Waals surface area contributed by atoms with Crippen molar-refractivity contribution in [2.24, 2.45) is 0 Å². The van der Waals surface area contributed by atoms with Crippen LogP contribution < -0.4 is 10.0 Å². The van der Waals surface area contributed by atoms with Crippen LogP contribution in [0.25, 0.3) is 0 Å². The first-order valence-electron chi connectivity index (χ1n) is 6.90. The maximum absolute atomic E-state index is 12.5. The molecule has 0 spiro atoms. The standard InChI is InChI=1S/C16H17BrN2O3S/c1-11(12-7-3-5-9-14(12)17)18-16(20)13-8-4-6-10-15(13)19-23(2,21)22/h3-11,19H,1-2H3,(H,18,20). The first kappa shape index (κ1) is 17.5. The third-order valence-electron chi connectivity index (χ3n) is 3.19. The van der Waals surface area contributed by atoms with E-state index < -0.39 is 10.0 Å². The van der Waals surface area contributed by atoms with Gasteiger partial charge in [-0.25, -0.2) is 8.42 Å². The zero-order valence-corrected chi connectivity index (χ0v) is 15.1. The van der Waals surface area contributed by atoms with E-state index >= 15 is 0 Å². The van der Waals surface area contributed by atoms with Gasteiger partial charge >= 0.3 is 0 Å². The fourth-order valence-corrected chi connectivity index (χ4v) is 3.35. The summed E-state index contributed by atoms with van der Waals surface area (Å²) >= 11 is 3.45. The number of halogens is 1. The van der Waals surface area contributed by atoms with Gasteiger partial charge in [0.2, 0.25) is 10.0 Å². The summed E-state index contributed by atoms with van der Waals surface area (Å²) in [5, 5.41) is 2.88. The van der Waals surface area contributed by atoms with Crippen LogP contribution >= 0.6 is 15.9 Å². The number of carbonyl (C=O) groups excluding carboxylic acids is 1. The predicted octanol–water partition coefficient (Wildman–Crippen LogP) is 3.31. The van der Waals surface area contributed by atoms with Gasteiger partial charge < -0.3 is 5.32 Å². The van der Waals surface area contributed by atoms with Crippen molar-refractivity contribution in [3.63, 3.8) is 0 Å². The van der Waals surface area contributed by atoms with Gasteiger partial charge in [-0.3, -0.25) is 9.52 Å². The van der Waals surface area contributed by atoms with E-state index in [1.807, 2.05) is 31.2 Å². The molecule has 0 saturated heterocycles. The Morgan fingerprint density at radius 1 is 1.09 bits per heavy atom. The molecule has 1 amide bonds. The van der Waals surface area contributed by atoms with Crippen molar-refractivity contribution in [3.05, 3.63) is 64.1 Å². The van der Waals surface area contributed by atoms with Crippen LogP contribution in [0.2, 0.25) is 0 Å². The van der Waals surface area contributed by atoms with Crippen molar-refractivity contribution in [1.82, 2.24) is 5.32 Å². The summed E-state index contributed by atoms with van der Waals surface area (Å²) in [7, 11) is -3.46. The maximum atomic E-state index is 12.5. The van der Waals surface area contributed by atoms with Crippen molar-refractivity contribution < 1.29 is 13.2 Å². The van der Waals surface area contributed by atoms with E-state index in [1.165, 1.54) is 0 Å². The Kier molecular flexibility index (Phi) is 5.43. The molecule has 2 aromatic carbocycles. The second-order valence-corrected chi connectivity index (χ2v) is 7.74. The Balaban J connectivity index is 2.23. The molecule has 0 aliphatic rings. The fourth-order valence-electron chi connectivity index (χ4n) is 2.15. The first-order chi connectivity index (χ1) is 10.8. The molecule has 0 aliphatic heterocycles. The molecule has 7 heteroatoms. The lowest BCUT2D eigenvalue weighted by Crippen LogP contribution is -2.28. The lowest BCUT2D eigenvalue weighted by molar-refractivity contribution is 0.0940. The van der Waals surface area contributed by atoms with E-state index in [0.717, 1.165) is 16.3 Å². The molecule has 23 heavy (non-hydrogen) atoms. The highest BCUT2D eigenvalue weighted by Crippen LogP contribution is 2.24. The third kappa shape index (κ3) is 4.80. The Labute approximate surface area is 144 Å². The molecule has 0 aromatic heterocycles. The summed E-state index contributed by atoms with van der Waals surface area (Å²) in [5.74, 6) is -0.347. The van der Waals surface area contributed by atoms with Crippen LogP contribution in [0.15, 0.2) is 53.0 Å². The average Bonchev–Trinajstić information content (AvgIpc) is 2.46. The molecule has 0 bridgehead atoms. The SMILES string of the molecule is CC(NC(=O)c1ccccc1NS(C)(=O)=O)c1ccccc1Br. The number of sulfonamides is 1. The van der Waals surface area contributed by atoms with Crippen LogP contribution in [0, 0.1) is 0 Å². The van der Waals surface area contributed by atoms with Crippen molar-refractivity contribution in [2.45, 2.75) is 13.0 Å². The molecule has 0 aliphatic carbocycles. The van der Waals surface area contributed by atoms with E-state index in [2.05, 4.69) is 26.0 Å². The van der Waals surface area contributed by atoms with Crippen LogP contribution in [-0.2, 0) is 10.0 Å². The minimum atomic E-state index is -3.46. The highest BCUT2D eigenvalue weighted by atomic mass is 79.9. The summed E-state index contributed by atoms with van der Waals surface area (Å²) in [4.78, 5) is 12.5. The Morgan fingerprint density at radius 3 is 2.35 bits per heavy atom. The second-order valence-electron chi connectivity index (χ2n) is 5.14. The van der Waals surface area contributed by atoms with Gasteiger partial charge in [-0.15, -0.1) is 0 Å². The summed E-state index contributed by atoms with van der Waals surface area (Å²) in [5.41, 5.74) is 1.47. The summed E-state index contributed by atoms with van der Waals surface area (Å²) in [6, 6.07) is 13.9. The number of rotatable bonds is 5. The molecule has 122 valence electrons. The third-order valence-corrected chi connectivity index (χ3v) is 4.50. The predicted molar refractivity (Wildman–Crippen MR) is 94.9 cm³/mol. The van der Waals surface area contributed by atoms with Gasteiger partial charge in [0.05, 0.1) is 23.5 Å². The molecule has 0 fully saturated rings. The molecule has 0 saturated carbocycles. The second kappa shape index (κ2) is 7.14. The van der Waals surface area contributed by atoms with Gasteiger partial charge in [0, 0.05) is 4.47 Å². The quantitative estimate of drug-likeness (QED) is 0.813. The summed E-state index contributed by atoms with van der Waals surface area (Å²) < 4.78 is 26.1. The monoisotopic (exact) mass is 396 g/mol. The lowest BCUT2D eigenvalue weighted by Gasteiger charge is -2.17. The molecule has 1 unspecified atom stereocenters. The first-order valence-corrected chi connectivity index (χ1v) is 9.58. The lowest BCUT2D eigenvalue weighted by atomic mass is 10.1. The molecule has 2 rings (SSSR count). The van der Waals surface area contributed by atoms with Crippen molar-refractivity contribution in [1.29, 1.82) is 0 Å². The molecule has 0 radical (unpaired) electrons. The fraction of sp³-hybridized carbons (Fsp3) is 0.188. The van der Waals surface area contributed by atoms with Crippen LogP contribution in [0.3, 0.4) is 0 Å². The van der Waals surface area contributed by atoms with Gasteiger partial charge in [-0.1, -0.05) is 46.3 Å². The smallest absolute Gasteiger partial charge is 0.253 e. The zero-order valence-electron chi connectivity index (χ0n) is 12.7. The van der Waals surface area contributed by atoms with Gasteiger partial charge in [0.1, 0.15) is 0 Å². The number of hydrogen-bond acceptors (Lipinski definition) is 3. The molecule has 2 aromatic rings. The van der Waals surface area contributed by atoms with E-state index in [1.54, 1.807) is 24.3 Å². The number of para-hydroxylation sites is 1. The van der Waals surface area contributed by atoms with E-state index in [0.29, 0.717) is 0 Å². The highest BCUT2D eigenvalue weighted by molar-refractivity contribution is 9.10. The number of benzene rings is 2. The molecule has 5 nitrogen and oxygen atoms in total. The minimum Gasteiger partial charge on any atom is -0.345 e. The molecule has 0 heterocycles. The number of hydrogen-bond donors (Lipinski definition) is 2. The molecular formula is C16H17BrN2O3S. The van der Waals surface area contributed by atoms with Crippen LogP contribution in [-0.4, -0.2) is 20.6 Å². The topological polar surface area (TPSA) is 75.3 Å². The van der Waals surface area contributed by atoms with Gasteiger partial charge in [-0.2, -0.15) is 0 Å². The Morgan fingerprint density at radius 2 is 1.70 bits per heavy atom. The summed E-state index contributed by atoms with van der Waals surface area (Å²) in [6.07, 6.45) is 1.05. The molecule has 1 atom stereocenters. The average molecular weight is 397 g/mol. The van der Waals surface area contributed by atoms with Crippen molar-refractivity contribution in [3.8, 4) is 0 Å². The van der Waals surface area contributed by atoms with Crippen molar-refractivity contribution >= 4 is 37.5 Å². The van der Waals surface area contributed by atoms with Gasteiger partial charge in [0.25, 0.3) is 5.91 Å².